The number of halogens is 12. The number of anilines is 7. The van der Waals surface area contributed by atoms with E-state index in [2.05, 4.69) is 141 Å². The zero-order valence-electron chi connectivity index (χ0n) is 69.8. The second kappa shape index (κ2) is 40.3. The van der Waals surface area contributed by atoms with E-state index in [1.807, 2.05) is 74.5 Å². The van der Waals surface area contributed by atoms with Crippen molar-refractivity contribution in [2.45, 2.75) is 218 Å². The van der Waals surface area contributed by atoms with Crippen molar-refractivity contribution in [3.8, 4) is 40.5 Å². The van der Waals surface area contributed by atoms with Gasteiger partial charge in [-0.1, -0.05) is 106 Å². The van der Waals surface area contributed by atoms with Gasteiger partial charge in [0.05, 0.1) is 71.5 Å². The summed E-state index contributed by atoms with van der Waals surface area (Å²) in [5.41, 5.74) is 3.18. The minimum Gasteiger partial charge on any atom is -0.477 e. The monoisotopic (exact) mass is 1760 g/mol. The Morgan fingerprint density at radius 3 is 1.45 bits per heavy atom. The van der Waals surface area contributed by atoms with E-state index >= 15 is 0 Å². The Labute approximate surface area is 718 Å². The molecule has 0 radical (unpaired) electrons. The third-order valence-electron chi connectivity index (χ3n) is 22.7. The lowest BCUT2D eigenvalue weighted by molar-refractivity contribution is -0.142. The zero-order valence-corrected chi connectivity index (χ0v) is 69.8. The lowest BCUT2D eigenvalue weighted by Crippen LogP contribution is -2.57. The SMILES string of the molecule is CC1(C)[C@H](O)C[C@H]1Nc1nc(NCc2cccnc2OCCC(F)(F)F)ncc1C#N.CC1(O)CCC(Nc2nc(NCc3cccnc3-c3ccccc3)ncc2C(F)(F)F)CC1.CC1(O)CCC(Nc2nc(NCc3cccnc3C(F)(F)F)ncc2C(F)(F)F)CC1.Cc1ccc(-c2ncncc2CNc2ncc(C#N)c(C[C@@H]3C[C@H](O)C3(C)C)n2)cc1. The average molecular weight is 1760 g/mol. The van der Waals surface area contributed by atoms with E-state index in [9.17, 15) is 83.6 Å². The van der Waals surface area contributed by atoms with Gasteiger partial charge in [-0.05, 0) is 126 Å². The highest BCUT2D eigenvalue weighted by Crippen LogP contribution is 2.49. The van der Waals surface area contributed by atoms with Crippen LogP contribution in [0.15, 0.2) is 147 Å². The maximum Gasteiger partial charge on any atom is 0.433 e. The van der Waals surface area contributed by atoms with Crippen LogP contribution in [0.2, 0.25) is 0 Å². The smallest absolute Gasteiger partial charge is 0.433 e. The van der Waals surface area contributed by atoms with Crippen LogP contribution in [0.1, 0.15) is 174 Å². The molecule has 11 N–H and O–H groups in total. The average Bonchev–Trinajstić information content (AvgIpc) is 0.769. The number of hydrogen-bond donors (Lipinski definition) is 11. The van der Waals surface area contributed by atoms with Gasteiger partial charge in [0.25, 0.3) is 0 Å². The highest BCUT2D eigenvalue weighted by atomic mass is 19.4. The zero-order chi connectivity index (χ0) is 91.0. The van der Waals surface area contributed by atoms with Crippen LogP contribution in [0, 0.1) is 46.3 Å². The lowest BCUT2D eigenvalue weighted by Gasteiger charge is -2.49. The minimum absolute atomic E-state index is 0.0516. The number of pyridine rings is 3. The summed E-state index contributed by atoms with van der Waals surface area (Å²) in [6.45, 7) is 13.5. The molecule has 668 valence electrons. The van der Waals surface area contributed by atoms with Crippen molar-refractivity contribution in [3.63, 3.8) is 0 Å². The van der Waals surface area contributed by atoms with Gasteiger partial charge in [0.15, 0.2) is 0 Å². The number of hydrogen-bond acceptors (Lipinski definition) is 27. The molecule has 8 aromatic heterocycles. The molecule has 14 rings (SSSR count). The van der Waals surface area contributed by atoms with Crippen molar-refractivity contribution in [2.24, 2.45) is 16.7 Å². The van der Waals surface area contributed by atoms with Crippen LogP contribution in [0.25, 0.3) is 22.5 Å². The number of aliphatic hydroxyl groups is 4. The van der Waals surface area contributed by atoms with Crippen LogP contribution >= 0.6 is 0 Å². The molecule has 0 amide bonds. The molecular formula is C87H96F12N22O5. The maximum absolute atomic E-state index is 13.6. The largest absolute Gasteiger partial charge is 0.477 e. The molecule has 0 unspecified atom stereocenters. The van der Waals surface area contributed by atoms with Crippen LogP contribution in [0.5, 0.6) is 5.88 Å². The van der Waals surface area contributed by atoms with Crippen LogP contribution in [0.4, 0.5) is 93.9 Å². The van der Waals surface area contributed by atoms with Crippen LogP contribution in [-0.4, -0.2) is 140 Å². The fourth-order valence-electron chi connectivity index (χ4n) is 14.4. The molecule has 126 heavy (non-hydrogen) atoms. The van der Waals surface area contributed by atoms with E-state index in [0.29, 0.717) is 112 Å². The third-order valence-corrected chi connectivity index (χ3v) is 22.7. The van der Waals surface area contributed by atoms with Gasteiger partial charge < -0.3 is 62.4 Å². The van der Waals surface area contributed by atoms with Crippen molar-refractivity contribution in [1.29, 1.82) is 10.5 Å². The van der Waals surface area contributed by atoms with Gasteiger partial charge in [-0.2, -0.15) is 78.2 Å². The van der Waals surface area contributed by atoms with Gasteiger partial charge in [-0.25, -0.2) is 39.9 Å². The number of benzene rings is 2. The number of aliphatic hydroxyl groups excluding tert-OH is 2. The molecular weight excluding hydrogens is 1660 g/mol. The summed E-state index contributed by atoms with van der Waals surface area (Å²) < 4.78 is 162. The Bertz CT molecular complexity index is 5390. The molecule has 4 saturated carbocycles. The van der Waals surface area contributed by atoms with E-state index < -0.39 is 77.7 Å². The first-order valence-corrected chi connectivity index (χ1v) is 40.5. The normalized spacial score (nSPS) is 20.6. The number of nitrogens with one attached hydrogen (secondary N) is 7. The molecule has 0 spiro atoms. The van der Waals surface area contributed by atoms with E-state index in [-0.39, 0.29) is 94.7 Å². The molecule has 0 saturated heterocycles. The Morgan fingerprint density at radius 1 is 0.468 bits per heavy atom. The number of ether oxygens (including phenoxy) is 1. The van der Waals surface area contributed by atoms with Crippen LogP contribution in [0.3, 0.4) is 0 Å². The Balaban J connectivity index is 0.000000163. The maximum atomic E-state index is 13.6. The first kappa shape index (κ1) is 94.3. The third kappa shape index (κ3) is 25.7. The Hall–Kier alpha value is -12.3. The molecule has 4 aliphatic rings. The van der Waals surface area contributed by atoms with Gasteiger partial charge in [0.1, 0.15) is 58.3 Å². The standard InChI is InChI=1S/C24H26F3N5O.C24H26N6O.C20H23F3N6O2.C19H21F6N5O/c1-23(33)11-9-18(10-12-23)31-21-19(24(25,26)27)15-30-22(32-21)29-14-17-8-5-13-28-20(17)16-6-3-2-4-7-16;1-15-4-6-16(7-5-15)22-18(11-26-14-29-22)13-28-23-27-12-17(10-25)20(30-23)8-19-9-21(31)24(19,2)3;1-19(2)14(8-15(19)30)28-16-13(9-24)11-27-18(29-16)26-10-12-4-3-6-25-17(12)31-7-5-20(21,22)23;1-17(31)6-4-12(5-7-17)29-15-13(18(20,21)22)10-28-16(30-15)27-9-11-3-2-8-26-14(11)19(23,24)25/h2-8,13,15,18,33H,9-12,14H2,1H3,(H2,29,30,31,32);4-7,11-12,14,19,21,31H,8-9,13H2,1-3H3,(H,27,28,30);3-4,6,11,14-15,30H,5,7-8,10H2,1-2H3,(H2,26,27,28,29);2-3,8,10,12,31H,4-7,9H2,1H3,(H2,27,28,29,30)/t;19-,21+;14-,15-;/m.11./s1. The van der Waals surface area contributed by atoms with E-state index in [1.165, 1.54) is 30.1 Å². The molecule has 4 fully saturated rings. The second-order valence-corrected chi connectivity index (χ2v) is 33.0. The molecule has 39 heteroatoms. The van der Waals surface area contributed by atoms with Gasteiger partial charge in [-0.3, -0.25) is 9.97 Å². The molecule has 4 atom stereocenters. The number of rotatable bonds is 25. The molecule has 10 aromatic rings. The van der Waals surface area contributed by atoms with Crippen LogP contribution < -0.4 is 42.0 Å². The lowest BCUT2D eigenvalue weighted by atomic mass is 9.58. The summed E-state index contributed by atoms with van der Waals surface area (Å²) in [6.07, 6.45) is -2.47. The fourth-order valence-corrected chi connectivity index (χ4v) is 14.4. The molecule has 4 aliphatic carbocycles. The topological polar surface area (TPSA) is 390 Å². The summed E-state index contributed by atoms with van der Waals surface area (Å²) in [6, 6.07) is 31.1. The Morgan fingerprint density at radius 2 is 0.937 bits per heavy atom. The summed E-state index contributed by atoms with van der Waals surface area (Å²) >= 11 is 0. The summed E-state index contributed by atoms with van der Waals surface area (Å²) in [5.74, 6) is 0.545. The molecule has 2 aromatic carbocycles. The van der Waals surface area contributed by atoms with Crippen LogP contribution in [-0.2, 0) is 51.1 Å². The first-order chi connectivity index (χ1) is 59.5. The highest BCUT2D eigenvalue weighted by Gasteiger charge is 2.49. The summed E-state index contributed by atoms with van der Waals surface area (Å²) in [7, 11) is 0. The van der Waals surface area contributed by atoms with Crippen molar-refractivity contribution in [1.82, 2.24) is 64.8 Å². The number of aryl methyl sites for hydroxylation is 1. The predicted octanol–water partition coefficient (Wildman–Crippen LogP) is 16.8. The van der Waals surface area contributed by atoms with E-state index in [0.717, 1.165) is 52.5 Å². The Kier molecular flexibility index (Phi) is 30.2. The number of alkyl halides is 12. The van der Waals surface area contributed by atoms with E-state index in [4.69, 9.17) is 4.74 Å². The molecule has 0 bridgehead atoms. The van der Waals surface area contributed by atoms with Crippen molar-refractivity contribution >= 4 is 41.2 Å². The molecule has 0 aliphatic heterocycles. The summed E-state index contributed by atoms with van der Waals surface area (Å²) in [4.78, 5) is 53.3. The van der Waals surface area contributed by atoms with Crippen molar-refractivity contribution in [2.75, 3.05) is 43.8 Å². The fraction of sp³-hybridized carbons (Fsp3) is 0.437. The first-order valence-electron chi connectivity index (χ1n) is 40.5. The van der Waals surface area contributed by atoms with E-state index in [1.54, 1.807) is 50.9 Å². The van der Waals surface area contributed by atoms with Crippen molar-refractivity contribution in [3.05, 3.63) is 208 Å². The molecule has 27 nitrogen and oxygen atoms in total. The van der Waals surface area contributed by atoms with Gasteiger partial charge in [0, 0.05) is 115 Å². The number of nitriles is 2. The quantitative estimate of drug-likeness (QED) is 0.0237. The van der Waals surface area contributed by atoms with Gasteiger partial charge in [-0.15, -0.1) is 0 Å². The van der Waals surface area contributed by atoms with Gasteiger partial charge in [0.2, 0.25) is 29.7 Å². The molecule has 8 heterocycles. The minimum atomic E-state index is -4.71. The number of aromatic nitrogens is 13. The summed E-state index contributed by atoms with van der Waals surface area (Å²) in [5, 5.41) is 79.6. The number of nitrogens with zero attached hydrogens (tertiary/aromatic N) is 15. The highest BCUT2D eigenvalue weighted by molar-refractivity contribution is 5.65. The second-order valence-electron chi connectivity index (χ2n) is 33.0. The van der Waals surface area contributed by atoms with Gasteiger partial charge >= 0.3 is 24.7 Å². The predicted molar refractivity (Wildman–Crippen MR) is 445 cm³/mol. The van der Waals surface area contributed by atoms with Crippen molar-refractivity contribution < 1.29 is 77.8 Å².